The first-order chi connectivity index (χ1) is 15.1. The van der Waals surface area contributed by atoms with E-state index in [-0.39, 0.29) is 0 Å². The highest BCUT2D eigenvalue weighted by molar-refractivity contribution is 6.08. The van der Waals surface area contributed by atoms with Crippen LogP contribution in [0.2, 0.25) is 6.04 Å². The van der Waals surface area contributed by atoms with Gasteiger partial charge in [-0.15, -0.1) is 0 Å². The summed E-state index contributed by atoms with van der Waals surface area (Å²) in [5.74, 6) is 0. The Kier molecular flexibility index (Phi) is 18.3. The molecule has 31 heavy (non-hydrogen) atoms. The quantitative estimate of drug-likeness (QED) is 0.122. The molecule has 0 heterocycles. The molecule has 0 saturated heterocycles. The summed E-state index contributed by atoms with van der Waals surface area (Å²) >= 11 is 0. The molecule has 1 rings (SSSR count). The summed E-state index contributed by atoms with van der Waals surface area (Å²) in [7, 11) is 6.08. The number of hydrogen-bond acceptors (Lipinski definition) is 1. The van der Waals surface area contributed by atoms with Crippen molar-refractivity contribution in [2.24, 2.45) is 0 Å². The number of nitrogens with zero attached hydrogens (tertiary/aromatic N) is 1. The van der Waals surface area contributed by atoms with E-state index in [0.29, 0.717) is 0 Å². The predicted molar refractivity (Wildman–Crippen MR) is 144 cm³/mol. The molecule has 0 saturated carbocycles. The zero-order chi connectivity index (χ0) is 22.5. The fourth-order valence-corrected chi connectivity index (χ4v) is 4.96. The molecule has 3 heteroatoms. The summed E-state index contributed by atoms with van der Waals surface area (Å²) in [6.45, 7) is 4.61. The second-order valence-corrected chi connectivity index (χ2v) is 11.4. The number of rotatable bonds is 22. The summed E-state index contributed by atoms with van der Waals surface area (Å²) in [6.07, 6.45) is 21.9. The molecule has 0 atom stereocenters. The normalized spacial score (nSPS) is 11.9. The fraction of sp³-hybridized carbons (Fsp3) is 0.786. The number of likely N-dealkylation sites (N-methyl/N-ethyl adjacent to an activating group) is 1. The molecule has 0 aliphatic rings. The lowest BCUT2D eigenvalue weighted by Crippen LogP contribution is -2.43. The van der Waals surface area contributed by atoms with Crippen LogP contribution in [0.25, 0.3) is 0 Å². The van der Waals surface area contributed by atoms with Crippen molar-refractivity contribution in [2.75, 3.05) is 33.7 Å². The van der Waals surface area contributed by atoms with Gasteiger partial charge in [0, 0.05) is 22.4 Å². The Balaban J connectivity index is 1.78. The SMILES string of the molecule is C[N+](C)(CCNCCCCCCCCCCCCCCCCC[SiH3])Cc1ccccc1. The molecule has 1 aromatic rings. The topological polar surface area (TPSA) is 12.0 Å². The van der Waals surface area contributed by atoms with Gasteiger partial charge in [0.05, 0.1) is 20.6 Å². The molecule has 0 amide bonds. The molecule has 0 aromatic heterocycles. The lowest BCUT2D eigenvalue weighted by Gasteiger charge is -2.30. The van der Waals surface area contributed by atoms with Gasteiger partial charge in [0.1, 0.15) is 6.54 Å². The second-order valence-electron chi connectivity index (χ2n) is 10.4. The van der Waals surface area contributed by atoms with Crippen molar-refractivity contribution in [3.63, 3.8) is 0 Å². The van der Waals surface area contributed by atoms with E-state index in [1.807, 2.05) is 0 Å². The van der Waals surface area contributed by atoms with Crippen LogP contribution < -0.4 is 5.32 Å². The van der Waals surface area contributed by atoms with Crippen LogP contribution in [0.4, 0.5) is 0 Å². The van der Waals surface area contributed by atoms with Gasteiger partial charge in [0.25, 0.3) is 0 Å². The Morgan fingerprint density at radius 3 is 1.55 bits per heavy atom. The number of unbranched alkanes of at least 4 members (excludes halogenated alkanes) is 14. The Morgan fingerprint density at radius 2 is 1.06 bits per heavy atom. The van der Waals surface area contributed by atoms with Gasteiger partial charge in [0.2, 0.25) is 0 Å². The van der Waals surface area contributed by atoms with Gasteiger partial charge in [-0.3, -0.25) is 0 Å². The first-order valence-electron chi connectivity index (χ1n) is 13.7. The van der Waals surface area contributed by atoms with Crippen molar-refractivity contribution in [3.05, 3.63) is 35.9 Å². The van der Waals surface area contributed by atoms with Gasteiger partial charge in [-0.2, -0.15) is 0 Å². The van der Waals surface area contributed by atoms with Crippen LogP contribution in [-0.4, -0.2) is 48.5 Å². The Bertz CT molecular complexity index is 489. The molecule has 180 valence electrons. The summed E-state index contributed by atoms with van der Waals surface area (Å²) in [6, 6.07) is 12.4. The van der Waals surface area contributed by atoms with E-state index in [0.717, 1.165) is 17.6 Å². The summed E-state index contributed by atoms with van der Waals surface area (Å²) in [4.78, 5) is 0. The molecular weight excluding hydrogens is 392 g/mol. The lowest BCUT2D eigenvalue weighted by molar-refractivity contribution is -0.902. The number of quaternary nitrogens is 1. The summed E-state index contributed by atoms with van der Waals surface area (Å²) in [5.41, 5.74) is 1.44. The molecule has 0 aliphatic heterocycles. The standard InChI is InChI=1S/C28H55N2Si/c1-30(2,27-28-21-17-16-18-22-28)25-24-29-23-19-14-12-10-8-6-4-3-5-7-9-11-13-15-20-26-31/h16-18,21-22,29H,3-15,19-20,23-27H2,1-2,31H3/q+1. The average Bonchev–Trinajstić information content (AvgIpc) is 2.75. The van der Waals surface area contributed by atoms with Crippen molar-refractivity contribution >= 4 is 10.2 Å². The second kappa shape index (κ2) is 20.0. The highest BCUT2D eigenvalue weighted by Crippen LogP contribution is 2.13. The minimum atomic E-state index is 1.05. The van der Waals surface area contributed by atoms with Crippen molar-refractivity contribution in [2.45, 2.75) is 109 Å². The van der Waals surface area contributed by atoms with Crippen LogP contribution in [0.5, 0.6) is 0 Å². The highest BCUT2D eigenvalue weighted by atomic mass is 28.1. The summed E-state index contributed by atoms with van der Waals surface area (Å²) < 4.78 is 1.05. The molecule has 0 bridgehead atoms. The minimum absolute atomic E-state index is 1.05. The molecule has 0 radical (unpaired) electrons. The number of benzene rings is 1. The van der Waals surface area contributed by atoms with E-state index in [9.17, 15) is 0 Å². The number of hydrogen-bond donors (Lipinski definition) is 1. The molecule has 0 aliphatic carbocycles. The molecule has 2 nitrogen and oxygen atoms in total. The van der Waals surface area contributed by atoms with E-state index in [4.69, 9.17) is 0 Å². The van der Waals surface area contributed by atoms with Crippen molar-refractivity contribution < 1.29 is 4.48 Å². The first kappa shape index (κ1) is 28.4. The maximum absolute atomic E-state index is 3.66. The van der Waals surface area contributed by atoms with E-state index in [2.05, 4.69) is 49.7 Å². The third-order valence-electron chi connectivity index (χ3n) is 6.55. The van der Waals surface area contributed by atoms with Crippen molar-refractivity contribution in [1.82, 2.24) is 5.32 Å². The van der Waals surface area contributed by atoms with E-state index >= 15 is 0 Å². The Hall–Kier alpha value is -0.643. The summed E-state index contributed by atoms with van der Waals surface area (Å²) in [5, 5.41) is 3.66. The zero-order valence-electron chi connectivity index (χ0n) is 21.5. The van der Waals surface area contributed by atoms with Crippen molar-refractivity contribution in [3.8, 4) is 0 Å². The minimum Gasteiger partial charge on any atom is -0.324 e. The van der Waals surface area contributed by atoms with E-state index in [1.165, 1.54) is 131 Å². The molecule has 1 N–H and O–H groups in total. The predicted octanol–water partition coefficient (Wildman–Crippen LogP) is 6.49. The van der Waals surface area contributed by atoms with Gasteiger partial charge in [0.15, 0.2) is 0 Å². The van der Waals surface area contributed by atoms with Gasteiger partial charge in [-0.25, -0.2) is 0 Å². The van der Waals surface area contributed by atoms with Crippen LogP contribution >= 0.6 is 0 Å². The molecule has 1 aromatic carbocycles. The maximum atomic E-state index is 3.66. The first-order valence-corrected chi connectivity index (χ1v) is 15.1. The Morgan fingerprint density at radius 1 is 0.613 bits per heavy atom. The monoisotopic (exact) mass is 447 g/mol. The fourth-order valence-electron chi connectivity index (χ4n) is 4.46. The molecule has 0 unspecified atom stereocenters. The van der Waals surface area contributed by atoms with Gasteiger partial charge in [-0.05, 0) is 13.0 Å². The van der Waals surface area contributed by atoms with Crippen LogP contribution in [0.3, 0.4) is 0 Å². The Labute approximate surface area is 198 Å². The van der Waals surface area contributed by atoms with E-state index in [1.54, 1.807) is 0 Å². The molecule has 0 fully saturated rings. The third kappa shape index (κ3) is 18.6. The highest BCUT2D eigenvalue weighted by Gasteiger charge is 2.14. The van der Waals surface area contributed by atoms with Crippen LogP contribution in [0.1, 0.15) is 102 Å². The van der Waals surface area contributed by atoms with E-state index < -0.39 is 0 Å². The number of nitrogens with one attached hydrogen (secondary N) is 1. The molecule has 0 spiro atoms. The van der Waals surface area contributed by atoms with Crippen molar-refractivity contribution in [1.29, 1.82) is 0 Å². The smallest absolute Gasteiger partial charge is 0.104 e. The molecular formula is C28H55N2Si+. The van der Waals surface area contributed by atoms with Gasteiger partial charge >= 0.3 is 0 Å². The van der Waals surface area contributed by atoms with Crippen LogP contribution in [-0.2, 0) is 6.54 Å². The van der Waals surface area contributed by atoms with Gasteiger partial charge in [-0.1, -0.05) is 126 Å². The average molecular weight is 448 g/mol. The largest absolute Gasteiger partial charge is 0.324 e. The van der Waals surface area contributed by atoms with Crippen LogP contribution in [0, 0.1) is 0 Å². The third-order valence-corrected chi connectivity index (χ3v) is 7.26. The maximum Gasteiger partial charge on any atom is 0.104 e. The van der Waals surface area contributed by atoms with Gasteiger partial charge < -0.3 is 9.80 Å². The lowest BCUT2D eigenvalue weighted by atomic mass is 10.0. The van der Waals surface area contributed by atoms with Crippen LogP contribution in [0.15, 0.2) is 30.3 Å². The zero-order valence-corrected chi connectivity index (χ0v) is 23.5.